The third kappa shape index (κ3) is 7.69. The van der Waals surface area contributed by atoms with Crippen molar-refractivity contribution in [3.05, 3.63) is 76.9 Å². The van der Waals surface area contributed by atoms with E-state index in [0.717, 1.165) is 12.8 Å². The van der Waals surface area contributed by atoms with Gasteiger partial charge < -0.3 is 4.74 Å². The molecule has 0 unspecified atom stereocenters. The van der Waals surface area contributed by atoms with Gasteiger partial charge in [-0.3, -0.25) is 0 Å². The summed E-state index contributed by atoms with van der Waals surface area (Å²) in [5, 5.41) is 0. The Morgan fingerprint density at radius 1 is 0.848 bits per heavy atom. The monoisotopic (exact) mass is 454 g/mol. The topological polar surface area (TPSA) is 9.23 Å². The van der Waals surface area contributed by atoms with Crippen molar-refractivity contribution in [3.63, 3.8) is 0 Å². The van der Waals surface area contributed by atoms with Crippen LogP contribution in [0.1, 0.15) is 94.2 Å². The van der Waals surface area contributed by atoms with Crippen LogP contribution in [-0.4, -0.2) is 6.61 Å². The summed E-state index contributed by atoms with van der Waals surface area (Å²) in [7, 11) is 0. The molecule has 3 heteroatoms. The maximum absolute atomic E-state index is 14.3. The average Bonchev–Trinajstić information content (AvgIpc) is 2.85. The molecule has 0 atom stereocenters. The molecule has 1 aliphatic carbocycles. The van der Waals surface area contributed by atoms with Gasteiger partial charge in [0, 0.05) is 0 Å². The molecule has 0 radical (unpaired) electrons. The molecule has 0 N–H and O–H groups in total. The van der Waals surface area contributed by atoms with Gasteiger partial charge >= 0.3 is 0 Å². The second kappa shape index (κ2) is 13.5. The fraction of sp³-hybridized carbons (Fsp3) is 0.533. The highest BCUT2D eigenvalue weighted by molar-refractivity contribution is 5.31. The van der Waals surface area contributed by atoms with E-state index in [1.807, 2.05) is 6.92 Å². The first-order valence-corrected chi connectivity index (χ1v) is 13.0. The Kier molecular flexibility index (Phi) is 10.4. The van der Waals surface area contributed by atoms with E-state index in [0.29, 0.717) is 30.4 Å². The Labute approximate surface area is 199 Å². The van der Waals surface area contributed by atoms with Gasteiger partial charge in [-0.1, -0.05) is 69.2 Å². The maximum atomic E-state index is 14.3. The Morgan fingerprint density at radius 2 is 1.61 bits per heavy atom. The van der Waals surface area contributed by atoms with Crippen molar-refractivity contribution >= 4 is 0 Å². The van der Waals surface area contributed by atoms with Gasteiger partial charge in [-0.05, 0) is 92.4 Å². The average molecular weight is 455 g/mol. The van der Waals surface area contributed by atoms with Gasteiger partial charge in [-0.2, -0.15) is 4.39 Å². The molecule has 0 aromatic heterocycles. The van der Waals surface area contributed by atoms with Gasteiger partial charge in [-0.25, -0.2) is 4.39 Å². The first-order chi connectivity index (χ1) is 16.1. The van der Waals surface area contributed by atoms with Gasteiger partial charge in [0.1, 0.15) is 0 Å². The molecule has 2 aromatic rings. The zero-order valence-electron chi connectivity index (χ0n) is 20.4. The molecule has 1 fully saturated rings. The molecule has 1 saturated carbocycles. The second-order valence-electron chi connectivity index (χ2n) is 9.48. The third-order valence-electron chi connectivity index (χ3n) is 6.87. The molecule has 0 heterocycles. The quantitative estimate of drug-likeness (QED) is 0.230. The van der Waals surface area contributed by atoms with Crippen LogP contribution >= 0.6 is 0 Å². The Balaban J connectivity index is 1.41. The lowest BCUT2D eigenvalue weighted by Crippen LogP contribution is -2.11. The summed E-state index contributed by atoms with van der Waals surface area (Å²) in [6, 6.07) is 12.5. The SMILES string of the molecule is CCCCCc1ccc(C2CCC(/C=C/CCc3ccc(OCCC)c(F)c3F)CC2)cc1. The molecule has 1 nitrogen and oxygen atoms in total. The first-order valence-electron chi connectivity index (χ1n) is 13.0. The third-order valence-corrected chi connectivity index (χ3v) is 6.87. The summed E-state index contributed by atoms with van der Waals surface area (Å²) in [6.45, 7) is 4.58. The molecule has 2 aromatic carbocycles. The number of hydrogen-bond acceptors (Lipinski definition) is 1. The van der Waals surface area contributed by atoms with Crippen LogP contribution < -0.4 is 4.74 Å². The fourth-order valence-electron chi connectivity index (χ4n) is 4.80. The van der Waals surface area contributed by atoms with Crippen LogP contribution in [-0.2, 0) is 12.8 Å². The van der Waals surface area contributed by atoms with Crippen molar-refractivity contribution in [2.24, 2.45) is 5.92 Å². The number of halogens is 2. The smallest absolute Gasteiger partial charge is 0.200 e. The molecule has 0 saturated heterocycles. The largest absolute Gasteiger partial charge is 0.490 e. The van der Waals surface area contributed by atoms with Crippen LogP contribution in [0.3, 0.4) is 0 Å². The lowest BCUT2D eigenvalue weighted by molar-refractivity contribution is 0.294. The van der Waals surface area contributed by atoms with E-state index in [1.165, 1.54) is 62.5 Å². The van der Waals surface area contributed by atoms with Crippen LogP contribution in [0, 0.1) is 17.6 Å². The highest BCUT2D eigenvalue weighted by atomic mass is 19.2. The molecule has 33 heavy (non-hydrogen) atoms. The van der Waals surface area contributed by atoms with Crippen molar-refractivity contribution in [2.45, 2.75) is 90.4 Å². The number of aryl methyl sites for hydroxylation is 2. The van der Waals surface area contributed by atoms with Crippen molar-refractivity contribution in [3.8, 4) is 5.75 Å². The summed E-state index contributed by atoms with van der Waals surface area (Å²) in [5.41, 5.74) is 3.37. The van der Waals surface area contributed by atoms with Gasteiger partial charge in [-0.15, -0.1) is 0 Å². The van der Waals surface area contributed by atoms with E-state index in [2.05, 4.69) is 43.3 Å². The predicted molar refractivity (Wildman–Crippen MR) is 134 cm³/mol. The molecule has 3 rings (SSSR count). The summed E-state index contributed by atoms with van der Waals surface area (Å²) in [4.78, 5) is 0. The summed E-state index contributed by atoms with van der Waals surface area (Å²) in [5.74, 6) is -0.353. The van der Waals surface area contributed by atoms with Crippen LogP contribution in [0.15, 0.2) is 48.6 Å². The standard InChI is InChI=1S/C30H40F2O/c1-3-5-6-9-23-12-16-25(17-13-23)26-18-14-24(15-19-26)10-7-8-11-27-20-21-28(33-22-4-2)30(32)29(27)31/h7,10,12-13,16-17,20-21,24,26H,3-6,8-9,11,14-15,18-19,22H2,1-2H3/b10-7+. The highest BCUT2D eigenvalue weighted by Crippen LogP contribution is 2.36. The van der Waals surface area contributed by atoms with E-state index in [1.54, 1.807) is 12.1 Å². The molecule has 0 aliphatic heterocycles. The lowest BCUT2D eigenvalue weighted by Gasteiger charge is -2.27. The van der Waals surface area contributed by atoms with E-state index >= 15 is 0 Å². The van der Waals surface area contributed by atoms with Crippen molar-refractivity contribution in [1.29, 1.82) is 0 Å². The molecule has 0 spiro atoms. The summed E-state index contributed by atoms with van der Waals surface area (Å²) in [6.07, 6.45) is 16.4. The number of benzene rings is 2. The molecular weight excluding hydrogens is 414 g/mol. The van der Waals surface area contributed by atoms with Crippen LogP contribution in [0.25, 0.3) is 0 Å². The number of rotatable bonds is 12. The van der Waals surface area contributed by atoms with Crippen LogP contribution in [0.5, 0.6) is 5.75 Å². The minimum Gasteiger partial charge on any atom is -0.490 e. The minimum absolute atomic E-state index is 0.0107. The van der Waals surface area contributed by atoms with E-state index < -0.39 is 11.6 Å². The predicted octanol–water partition coefficient (Wildman–Crippen LogP) is 8.95. The Hall–Kier alpha value is -2.16. The molecule has 1 aliphatic rings. The summed E-state index contributed by atoms with van der Waals surface area (Å²) < 4.78 is 33.7. The molecule has 0 bridgehead atoms. The van der Waals surface area contributed by atoms with E-state index in [9.17, 15) is 8.78 Å². The Morgan fingerprint density at radius 3 is 2.30 bits per heavy atom. The van der Waals surface area contributed by atoms with Gasteiger partial charge in [0.05, 0.1) is 6.61 Å². The summed E-state index contributed by atoms with van der Waals surface area (Å²) >= 11 is 0. The van der Waals surface area contributed by atoms with Crippen LogP contribution in [0.2, 0.25) is 0 Å². The van der Waals surface area contributed by atoms with Gasteiger partial charge in [0.25, 0.3) is 0 Å². The van der Waals surface area contributed by atoms with Crippen molar-refractivity contribution < 1.29 is 13.5 Å². The minimum atomic E-state index is -0.864. The number of unbranched alkanes of at least 4 members (excludes halogenated alkanes) is 2. The number of hydrogen-bond donors (Lipinski definition) is 0. The first kappa shape index (κ1) is 25.5. The van der Waals surface area contributed by atoms with Crippen molar-refractivity contribution in [1.82, 2.24) is 0 Å². The molecular formula is C30H40F2O. The fourth-order valence-corrected chi connectivity index (χ4v) is 4.80. The highest BCUT2D eigenvalue weighted by Gasteiger charge is 2.21. The molecule has 180 valence electrons. The van der Waals surface area contributed by atoms with Crippen LogP contribution in [0.4, 0.5) is 8.78 Å². The normalized spacial score (nSPS) is 18.7. The van der Waals surface area contributed by atoms with Gasteiger partial charge in [0.15, 0.2) is 11.6 Å². The number of ether oxygens (including phenoxy) is 1. The van der Waals surface area contributed by atoms with E-state index in [-0.39, 0.29) is 5.75 Å². The maximum Gasteiger partial charge on any atom is 0.200 e. The van der Waals surface area contributed by atoms with Gasteiger partial charge in [0.2, 0.25) is 5.82 Å². The molecule has 0 amide bonds. The zero-order chi connectivity index (χ0) is 23.5. The number of allylic oxidation sites excluding steroid dienone is 2. The van der Waals surface area contributed by atoms with Crippen molar-refractivity contribution in [2.75, 3.05) is 6.61 Å². The Bertz CT molecular complexity index is 864. The van der Waals surface area contributed by atoms with E-state index in [4.69, 9.17) is 4.74 Å². The lowest BCUT2D eigenvalue weighted by atomic mass is 9.78. The zero-order valence-corrected chi connectivity index (χ0v) is 20.4. The second-order valence-corrected chi connectivity index (χ2v) is 9.48.